The number of halogens is 1. The Morgan fingerprint density at radius 2 is 1.72 bits per heavy atom. The highest BCUT2D eigenvalue weighted by Gasteiger charge is 2.05. The van der Waals surface area contributed by atoms with Gasteiger partial charge in [0.15, 0.2) is 0 Å². The summed E-state index contributed by atoms with van der Waals surface area (Å²) >= 11 is 3.36. The van der Waals surface area contributed by atoms with Crippen molar-refractivity contribution in [1.29, 1.82) is 5.26 Å². The van der Waals surface area contributed by atoms with E-state index in [0.717, 1.165) is 10.2 Å². The van der Waals surface area contributed by atoms with Crippen molar-refractivity contribution in [2.45, 2.75) is 0 Å². The topological polar surface area (TPSA) is 42.2 Å². The SMILES string of the molecule is COc1cc(Oc2ccc(Br)cc2)ccc1C#N. The van der Waals surface area contributed by atoms with Crippen LogP contribution in [0.15, 0.2) is 46.9 Å². The molecule has 4 heteroatoms. The maximum Gasteiger partial charge on any atom is 0.140 e. The molecule has 0 saturated heterocycles. The molecule has 0 aliphatic carbocycles. The third-order valence-corrected chi connectivity index (χ3v) is 2.87. The van der Waals surface area contributed by atoms with E-state index in [1.165, 1.54) is 7.11 Å². The van der Waals surface area contributed by atoms with Gasteiger partial charge in [0.25, 0.3) is 0 Å². The van der Waals surface area contributed by atoms with E-state index in [-0.39, 0.29) is 0 Å². The Bertz CT molecular complexity index is 588. The normalized spacial score (nSPS) is 9.61. The minimum absolute atomic E-state index is 0.487. The van der Waals surface area contributed by atoms with Gasteiger partial charge in [-0.1, -0.05) is 15.9 Å². The number of hydrogen-bond donors (Lipinski definition) is 0. The second-order valence-electron chi connectivity index (χ2n) is 3.53. The molecular formula is C14H10BrNO2. The van der Waals surface area contributed by atoms with Crippen molar-refractivity contribution < 1.29 is 9.47 Å². The number of ether oxygens (including phenoxy) is 2. The lowest BCUT2D eigenvalue weighted by Crippen LogP contribution is -1.90. The second-order valence-corrected chi connectivity index (χ2v) is 4.45. The molecule has 0 heterocycles. The van der Waals surface area contributed by atoms with Crippen LogP contribution >= 0.6 is 15.9 Å². The average Bonchev–Trinajstić information content (AvgIpc) is 2.41. The molecule has 0 fully saturated rings. The molecule has 90 valence electrons. The van der Waals surface area contributed by atoms with Gasteiger partial charge in [-0.05, 0) is 36.4 Å². The van der Waals surface area contributed by atoms with E-state index in [4.69, 9.17) is 14.7 Å². The summed E-state index contributed by atoms with van der Waals surface area (Å²) in [6, 6.07) is 14.7. The third kappa shape index (κ3) is 2.82. The van der Waals surface area contributed by atoms with Crippen LogP contribution in [0.25, 0.3) is 0 Å². The molecule has 0 saturated carbocycles. The number of methoxy groups -OCH3 is 1. The number of hydrogen-bond acceptors (Lipinski definition) is 3. The molecule has 0 atom stereocenters. The molecule has 0 aromatic heterocycles. The summed E-state index contributed by atoms with van der Waals surface area (Å²) in [5.41, 5.74) is 0.487. The molecule has 2 rings (SSSR count). The van der Waals surface area contributed by atoms with E-state index in [2.05, 4.69) is 22.0 Å². The number of rotatable bonds is 3. The Morgan fingerprint density at radius 3 is 2.33 bits per heavy atom. The Kier molecular flexibility index (Phi) is 3.85. The van der Waals surface area contributed by atoms with Crippen LogP contribution in [0.3, 0.4) is 0 Å². The summed E-state index contributed by atoms with van der Waals surface area (Å²) in [6.45, 7) is 0. The first-order valence-corrected chi connectivity index (χ1v) is 6.04. The van der Waals surface area contributed by atoms with Crippen LogP contribution in [0.5, 0.6) is 17.2 Å². The van der Waals surface area contributed by atoms with Gasteiger partial charge in [0.2, 0.25) is 0 Å². The molecule has 0 amide bonds. The zero-order valence-corrected chi connectivity index (χ0v) is 11.3. The fraction of sp³-hybridized carbons (Fsp3) is 0.0714. The summed E-state index contributed by atoms with van der Waals surface area (Å²) in [5, 5.41) is 8.88. The number of nitrogens with zero attached hydrogens (tertiary/aromatic N) is 1. The molecule has 0 aliphatic heterocycles. The van der Waals surface area contributed by atoms with Gasteiger partial charge in [-0.25, -0.2) is 0 Å². The molecule has 0 N–H and O–H groups in total. The van der Waals surface area contributed by atoms with Crippen LogP contribution in [0, 0.1) is 11.3 Å². The van der Waals surface area contributed by atoms with E-state index in [1.54, 1.807) is 18.2 Å². The van der Waals surface area contributed by atoms with Crippen molar-refractivity contribution in [2.75, 3.05) is 7.11 Å². The van der Waals surface area contributed by atoms with Gasteiger partial charge in [-0.2, -0.15) is 5.26 Å². The lowest BCUT2D eigenvalue weighted by atomic mass is 10.2. The van der Waals surface area contributed by atoms with Gasteiger partial charge in [-0.15, -0.1) is 0 Å². The minimum atomic E-state index is 0.487. The molecule has 0 unspecified atom stereocenters. The molecule has 0 bridgehead atoms. The average molecular weight is 304 g/mol. The summed E-state index contributed by atoms with van der Waals surface area (Å²) in [7, 11) is 1.53. The molecule has 0 aliphatic rings. The lowest BCUT2D eigenvalue weighted by molar-refractivity contribution is 0.407. The van der Waals surface area contributed by atoms with Crippen molar-refractivity contribution in [1.82, 2.24) is 0 Å². The Hall–Kier alpha value is -1.99. The Balaban J connectivity index is 2.25. The number of benzene rings is 2. The van der Waals surface area contributed by atoms with Crippen molar-refractivity contribution in [2.24, 2.45) is 0 Å². The van der Waals surface area contributed by atoms with Gasteiger partial charge >= 0.3 is 0 Å². The standard InChI is InChI=1S/C14H10BrNO2/c1-17-14-8-13(5-2-10(14)9-16)18-12-6-3-11(15)4-7-12/h2-8H,1H3. The molecule has 18 heavy (non-hydrogen) atoms. The summed E-state index contributed by atoms with van der Waals surface area (Å²) in [6.07, 6.45) is 0. The highest BCUT2D eigenvalue weighted by Crippen LogP contribution is 2.28. The zero-order valence-electron chi connectivity index (χ0n) is 9.68. The predicted molar refractivity (Wildman–Crippen MR) is 71.9 cm³/mol. The predicted octanol–water partition coefficient (Wildman–Crippen LogP) is 4.12. The van der Waals surface area contributed by atoms with Gasteiger partial charge < -0.3 is 9.47 Å². The molecule has 0 radical (unpaired) electrons. The zero-order chi connectivity index (χ0) is 13.0. The lowest BCUT2D eigenvalue weighted by Gasteiger charge is -2.08. The molecule has 0 spiro atoms. The maximum atomic E-state index is 8.88. The van der Waals surface area contributed by atoms with Crippen LogP contribution < -0.4 is 9.47 Å². The van der Waals surface area contributed by atoms with E-state index < -0.39 is 0 Å². The van der Waals surface area contributed by atoms with Crippen LogP contribution in [0.4, 0.5) is 0 Å². The molecule has 3 nitrogen and oxygen atoms in total. The van der Waals surface area contributed by atoms with E-state index in [1.807, 2.05) is 24.3 Å². The van der Waals surface area contributed by atoms with Gasteiger partial charge in [0, 0.05) is 10.5 Å². The highest BCUT2D eigenvalue weighted by molar-refractivity contribution is 9.10. The summed E-state index contributed by atoms with van der Waals surface area (Å²) in [5.74, 6) is 1.87. The third-order valence-electron chi connectivity index (χ3n) is 2.34. The molecular weight excluding hydrogens is 294 g/mol. The van der Waals surface area contributed by atoms with Crippen LogP contribution in [-0.4, -0.2) is 7.11 Å². The maximum absolute atomic E-state index is 8.88. The van der Waals surface area contributed by atoms with Crippen molar-refractivity contribution in [3.8, 4) is 23.3 Å². The monoisotopic (exact) mass is 303 g/mol. The molecule has 2 aromatic rings. The highest BCUT2D eigenvalue weighted by atomic mass is 79.9. The first-order valence-electron chi connectivity index (χ1n) is 5.24. The largest absolute Gasteiger partial charge is 0.495 e. The summed E-state index contributed by atoms with van der Waals surface area (Å²) in [4.78, 5) is 0. The fourth-order valence-corrected chi connectivity index (χ4v) is 1.73. The second kappa shape index (κ2) is 5.56. The Morgan fingerprint density at radius 1 is 1.06 bits per heavy atom. The van der Waals surface area contributed by atoms with Crippen LogP contribution in [-0.2, 0) is 0 Å². The van der Waals surface area contributed by atoms with Gasteiger partial charge in [0.1, 0.15) is 23.3 Å². The van der Waals surface area contributed by atoms with Crippen molar-refractivity contribution >= 4 is 15.9 Å². The van der Waals surface area contributed by atoms with Crippen LogP contribution in [0.2, 0.25) is 0 Å². The minimum Gasteiger partial charge on any atom is -0.495 e. The number of nitriles is 1. The smallest absolute Gasteiger partial charge is 0.140 e. The van der Waals surface area contributed by atoms with Crippen LogP contribution in [0.1, 0.15) is 5.56 Å². The van der Waals surface area contributed by atoms with Gasteiger partial charge in [0.05, 0.1) is 12.7 Å². The first-order chi connectivity index (χ1) is 8.72. The van der Waals surface area contributed by atoms with Crippen molar-refractivity contribution in [3.63, 3.8) is 0 Å². The first kappa shape index (κ1) is 12.5. The van der Waals surface area contributed by atoms with Gasteiger partial charge in [-0.3, -0.25) is 0 Å². The van der Waals surface area contributed by atoms with E-state index in [9.17, 15) is 0 Å². The van der Waals surface area contributed by atoms with E-state index in [0.29, 0.717) is 17.1 Å². The summed E-state index contributed by atoms with van der Waals surface area (Å²) < 4.78 is 11.8. The Labute approximate surface area is 114 Å². The fourth-order valence-electron chi connectivity index (χ4n) is 1.47. The van der Waals surface area contributed by atoms with E-state index >= 15 is 0 Å². The quantitative estimate of drug-likeness (QED) is 0.856. The van der Waals surface area contributed by atoms with Crippen molar-refractivity contribution in [3.05, 3.63) is 52.5 Å². The molecule has 2 aromatic carbocycles.